The van der Waals surface area contributed by atoms with Crippen LogP contribution in [0.4, 0.5) is 0 Å². The highest BCUT2D eigenvalue weighted by molar-refractivity contribution is 5.66. The van der Waals surface area contributed by atoms with Crippen molar-refractivity contribution in [1.29, 1.82) is 0 Å². The molecular weight excluding hydrogens is 312 g/mol. The van der Waals surface area contributed by atoms with Crippen molar-refractivity contribution in [3.05, 3.63) is 58.4 Å². The van der Waals surface area contributed by atoms with E-state index in [1.807, 2.05) is 32.1 Å². The van der Waals surface area contributed by atoms with Gasteiger partial charge in [-0.05, 0) is 69.1 Å². The van der Waals surface area contributed by atoms with E-state index < -0.39 is 5.97 Å². The predicted molar refractivity (Wildman–Crippen MR) is 105 cm³/mol. The van der Waals surface area contributed by atoms with E-state index in [1.165, 1.54) is 24.0 Å². The molecule has 0 unspecified atom stereocenters. The average Bonchev–Trinajstić information content (AvgIpc) is 2.50. The topological polar surface area (TPSA) is 57.5 Å². The number of carbonyl (C=O) groups is 1. The van der Waals surface area contributed by atoms with Crippen molar-refractivity contribution < 1.29 is 15.0 Å². The molecule has 0 atom stereocenters. The Morgan fingerprint density at radius 1 is 1.16 bits per heavy atom. The summed E-state index contributed by atoms with van der Waals surface area (Å²) in [6, 6.07) is 0. The third kappa shape index (κ3) is 7.16. The van der Waals surface area contributed by atoms with Gasteiger partial charge in [0.1, 0.15) is 5.76 Å². The zero-order chi connectivity index (χ0) is 19.0. The minimum absolute atomic E-state index is 0.124. The Morgan fingerprint density at radius 2 is 1.84 bits per heavy atom. The number of hydrogen-bond acceptors (Lipinski definition) is 2. The van der Waals surface area contributed by atoms with Crippen molar-refractivity contribution in [2.75, 3.05) is 0 Å². The van der Waals surface area contributed by atoms with Crippen molar-refractivity contribution in [1.82, 2.24) is 0 Å². The van der Waals surface area contributed by atoms with Crippen molar-refractivity contribution >= 4 is 5.97 Å². The Labute approximate surface area is 152 Å². The van der Waals surface area contributed by atoms with Gasteiger partial charge in [0, 0.05) is 6.42 Å². The van der Waals surface area contributed by atoms with Crippen LogP contribution in [0, 0.1) is 5.41 Å². The summed E-state index contributed by atoms with van der Waals surface area (Å²) in [7, 11) is 0. The van der Waals surface area contributed by atoms with Crippen LogP contribution in [0.3, 0.4) is 0 Å². The molecular formula is C22H32O3. The van der Waals surface area contributed by atoms with Gasteiger partial charge in [0.25, 0.3) is 0 Å². The maximum atomic E-state index is 10.5. The number of aliphatic hydroxyl groups excluding tert-OH is 1. The molecule has 0 saturated carbocycles. The van der Waals surface area contributed by atoms with Crippen LogP contribution in [-0.4, -0.2) is 16.2 Å². The molecule has 138 valence electrons. The molecule has 0 aliphatic heterocycles. The van der Waals surface area contributed by atoms with Crippen LogP contribution < -0.4 is 0 Å². The highest BCUT2D eigenvalue weighted by atomic mass is 16.4. The molecule has 0 radical (unpaired) electrons. The number of rotatable bonds is 7. The molecule has 0 saturated heterocycles. The number of aliphatic carboxylic acids is 1. The van der Waals surface area contributed by atoms with Gasteiger partial charge in [-0.2, -0.15) is 0 Å². The van der Waals surface area contributed by atoms with E-state index in [-0.39, 0.29) is 17.6 Å². The second-order valence-corrected chi connectivity index (χ2v) is 7.55. The maximum absolute atomic E-state index is 10.5. The molecule has 0 amide bonds. The first kappa shape index (κ1) is 21.0. The molecule has 1 aliphatic carbocycles. The van der Waals surface area contributed by atoms with Gasteiger partial charge in [0.05, 0.1) is 0 Å². The summed E-state index contributed by atoms with van der Waals surface area (Å²) in [5, 5.41) is 18.8. The molecule has 0 aromatic rings. The van der Waals surface area contributed by atoms with E-state index in [1.54, 1.807) is 6.08 Å². The Hall–Kier alpha value is -2.03. The van der Waals surface area contributed by atoms with Crippen molar-refractivity contribution in [2.24, 2.45) is 5.41 Å². The third-order valence-electron chi connectivity index (χ3n) is 4.78. The van der Waals surface area contributed by atoms with Crippen LogP contribution >= 0.6 is 0 Å². The second kappa shape index (κ2) is 9.45. The predicted octanol–water partition coefficient (Wildman–Crippen LogP) is 6.27. The molecule has 1 rings (SSSR count). The lowest BCUT2D eigenvalue weighted by Gasteiger charge is -2.32. The number of hydrogen-bond donors (Lipinski definition) is 2. The monoisotopic (exact) mass is 344 g/mol. The smallest absolute Gasteiger partial charge is 0.303 e. The summed E-state index contributed by atoms with van der Waals surface area (Å²) >= 11 is 0. The first-order valence-electron chi connectivity index (χ1n) is 8.98. The fraction of sp³-hybridized carbons (Fsp3) is 0.500. The van der Waals surface area contributed by atoms with E-state index in [9.17, 15) is 9.90 Å². The van der Waals surface area contributed by atoms with E-state index >= 15 is 0 Å². The Balaban J connectivity index is 2.81. The van der Waals surface area contributed by atoms with Crippen LogP contribution in [0.15, 0.2) is 58.4 Å². The van der Waals surface area contributed by atoms with Gasteiger partial charge in [-0.1, -0.05) is 49.3 Å². The fourth-order valence-corrected chi connectivity index (χ4v) is 3.14. The van der Waals surface area contributed by atoms with Crippen molar-refractivity contribution in [3.63, 3.8) is 0 Å². The van der Waals surface area contributed by atoms with E-state index in [2.05, 4.69) is 26.8 Å². The molecule has 1 aliphatic rings. The summed E-state index contributed by atoms with van der Waals surface area (Å²) in [6.45, 7) is 10.5. The lowest BCUT2D eigenvalue weighted by atomic mass is 9.72. The fourth-order valence-electron chi connectivity index (χ4n) is 3.14. The maximum Gasteiger partial charge on any atom is 0.303 e. The molecule has 25 heavy (non-hydrogen) atoms. The molecule has 0 spiro atoms. The molecule has 0 fully saturated rings. The first-order valence-corrected chi connectivity index (χ1v) is 8.98. The summed E-state index contributed by atoms with van der Waals surface area (Å²) in [4.78, 5) is 10.5. The number of aliphatic hydroxyl groups is 1. The molecule has 2 N–H and O–H groups in total. The lowest BCUT2D eigenvalue weighted by Crippen LogP contribution is -2.19. The highest BCUT2D eigenvalue weighted by Crippen LogP contribution is 2.40. The lowest BCUT2D eigenvalue weighted by molar-refractivity contribution is -0.136. The highest BCUT2D eigenvalue weighted by Gasteiger charge is 2.26. The van der Waals surface area contributed by atoms with Gasteiger partial charge < -0.3 is 10.2 Å². The van der Waals surface area contributed by atoms with Gasteiger partial charge in [-0.15, -0.1) is 0 Å². The summed E-state index contributed by atoms with van der Waals surface area (Å²) in [6.07, 6.45) is 13.7. The van der Waals surface area contributed by atoms with Gasteiger partial charge in [-0.3, -0.25) is 4.79 Å². The van der Waals surface area contributed by atoms with Crippen molar-refractivity contribution in [2.45, 2.75) is 66.7 Å². The SMILES string of the molecule is CC(C=CC1=C(C)CCCC1(C)C)=C(O)/C=C\C(C)=C/CCC(=O)O. The van der Waals surface area contributed by atoms with Gasteiger partial charge in [-0.25, -0.2) is 0 Å². The van der Waals surface area contributed by atoms with Crippen LogP contribution in [0.5, 0.6) is 0 Å². The molecule has 3 heteroatoms. The Morgan fingerprint density at radius 3 is 2.44 bits per heavy atom. The quantitative estimate of drug-likeness (QED) is 0.423. The summed E-state index contributed by atoms with van der Waals surface area (Å²) in [5.41, 5.74) is 4.76. The standard InChI is InChI=1S/C22H32O3/c1-16(8-6-10-21(24)25)11-14-20(23)18(3)12-13-19-17(2)9-7-15-22(19,4)5/h8,11-14,23H,6-7,9-10,15H2,1-5H3,(H,24,25)/b13-12?,14-11-,16-8-,20-18?. The molecule has 0 heterocycles. The minimum Gasteiger partial charge on any atom is -0.508 e. The Bertz CT molecular complexity index is 640. The van der Waals surface area contributed by atoms with E-state index in [0.29, 0.717) is 6.42 Å². The third-order valence-corrected chi connectivity index (χ3v) is 4.78. The Kier molecular flexibility index (Phi) is 7.95. The normalized spacial score (nSPS) is 19.6. The average molecular weight is 344 g/mol. The minimum atomic E-state index is -0.799. The first-order chi connectivity index (χ1) is 11.6. The second-order valence-electron chi connectivity index (χ2n) is 7.55. The van der Waals surface area contributed by atoms with Gasteiger partial charge >= 0.3 is 5.97 Å². The number of carboxylic acids is 1. The van der Waals surface area contributed by atoms with E-state index in [4.69, 9.17) is 5.11 Å². The van der Waals surface area contributed by atoms with Crippen LogP contribution in [-0.2, 0) is 4.79 Å². The zero-order valence-electron chi connectivity index (χ0n) is 16.2. The largest absolute Gasteiger partial charge is 0.508 e. The summed E-state index contributed by atoms with van der Waals surface area (Å²) < 4.78 is 0. The number of allylic oxidation sites excluding steroid dienone is 9. The number of carboxylic acid groups (broad SMARTS) is 1. The van der Waals surface area contributed by atoms with Gasteiger partial charge in [0.15, 0.2) is 0 Å². The van der Waals surface area contributed by atoms with Crippen LogP contribution in [0.25, 0.3) is 0 Å². The van der Waals surface area contributed by atoms with Crippen LogP contribution in [0.2, 0.25) is 0 Å². The summed E-state index contributed by atoms with van der Waals surface area (Å²) in [5.74, 6) is -0.568. The molecule has 0 aromatic heterocycles. The van der Waals surface area contributed by atoms with E-state index in [0.717, 1.165) is 17.6 Å². The zero-order valence-corrected chi connectivity index (χ0v) is 16.2. The molecule has 3 nitrogen and oxygen atoms in total. The molecule has 0 aromatic carbocycles. The molecule has 0 bridgehead atoms. The van der Waals surface area contributed by atoms with Gasteiger partial charge in [0.2, 0.25) is 0 Å². The van der Waals surface area contributed by atoms with Crippen molar-refractivity contribution in [3.8, 4) is 0 Å². The van der Waals surface area contributed by atoms with Crippen LogP contribution in [0.1, 0.15) is 66.7 Å².